The highest BCUT2D eigenvalue weighted by molar-refractivity contribution is 7.89. The molecule has 3 aromatic rings. The zero-order chi connectivity index (χ0) is 22.8. The van der Waals surface area contributed by atoms with Gasteiger partial charge >= 0.3 is 0 Å². The van der Waals surface area contributed by atoms with Crippen LogP contribution in [0.25, 0.3) is 0 Å². The van der Waals surface area contributed by atoms with Crippen molar-refractivity contribution in [2.75, 3.05) is 11.2 Å². The van der Waals surface area contributed by atoms with Crippen LogP contribution in [0.2, 0.25) is 10.0 Å². The molecule has 3 rings (SSSR count). The van der Waals surface area contributed by atoms with Crippen LogP contribution in [-0.2, 0) is 16.6 Å². The van der Waals surface area contributed by atoms with E-state index in [1.807, 2.05) is 9.62 Å². The Morgan fingerprint density at radius 2 is 1.90 bits per heavy atom. The van der Waals surface area contributed by atoms with Crippen LogP contribution < -0.4 is 9.62 Å². The van der Waals surface area contributed by atoms with Gasteiger partial charge < -0.3 is 4.90 Å². The van der Waals surface area contributed by atoms with Gasteiger partial charge in [-0.25, -0.2) is 18.1 Å². The maximum Gasteiger partial charge on any atom is 0.284 e. The van der Waals surface area contributed by atoms with Gasteiger partial charge in [0.25, 0.3) is 5.91 Å². The molecule has 160 valence electrons. The number of halogens is 2. The topological polar surface area (TPSA) is 103 Å². The average Bonchev–Trinajstić information content (AvgIpc) is 3.08. The number of aryl methyl sites for hydroxylation is 1. The maximum absolute atomic E-state index is 12.4. The number of nitriles is 1. The Hall–Kier alpha value is -2.64. The molecule has 0 aliphatic carbocycles. The number of sulfonamides is 1. The van der Waals surface area contributed by atoms with Crippen LogP contribution in [0.4, 0.5) is 10.8 Å². The lowest BCUT2D eigenvalue weighted by Gasteiger charge is -2.23. The van der Waals surface area contributed by atoms with Crippen molar-refractivity contribution in [1.29, 1.82) is 5.26 Å². The summed E-state index contributed by atoms with van der Waals surface area (Å²) in [5, 5.41) is 10.5. The van der Waals surface area contributed by atoms with E-state index < -0.39 is 15.9 Å². The fourth-order valence-electron chi connectivity index (χ4n) is 2.73. The van der Waals surface area contributed by atoms with E-state index in [0.29, 0.717) is 37.8 Å². The second kappa shape index (κ2) is 9.24. The van der Waals surface area contributed by atoms with Crippen molar-refractivity contribution in [1.82, 2.24) is 9.71 Å². The van der Waals surface area contributed by atoms with E-state index in [-0.39, 0.29) is 5.69 Å². The van der Waals surface area contributed by atoms with Gasteiger partial charge in [0.15, 0.2) is 5.13 Å². The summed E-state index contributed by atoms with van der Waals surface area (Å²) in [4.78, 5) is 19.1. The third-order valence-corrected chi connectivity index (χ3v) is 6.30. The van der Waals surface area contributed by atoms with E-state index in [1.54, 1.807) is 49.4 Å². The SMILES string of the molecule is Cc1sc(N(Cc2ccc(Cl)cc2Cl)c2ccc(C#N)cc2)nc1C(=O)NS(C)(=O)=O. The lowest BCUT2D eigenvalue weighted by molar-refractivity contribution is 0.0977. The molecule has 0 atom stereocenters. The number of nitrogens with zero attached hydrogens (tertiary/aromatic N) is 3. The minimum absolute atomic E-state index is 0.0197. The minimum Gasteiger partial charge on any atom is -0.313 e. The Morgan fingerprint density at radius 1 is 1.23 bits per heavy atom. The fourth-order valence-corrected chi connectivity index (χ4v) is 4.56. The number of nitrogens with one attached hydrogen (secondary N) is 1. The number of rotatable bonds is 6. The molecule has 1 N–H and O–H groups in total. The first kappa shape index (κ1) is 23.0. The van der Waals surface area contributed by atoms with E-state index >= 15 is 0 Å². The van der Waals surface area contributed by atoms with E-state index in [9.17, 15) is 13.2 Å². The van der Waals surface area contributed by atoms with Crippen molar-refractivity contribution in [3.05, 3.63) is 74.2 Å². The van der Waals surface area contributed by atoms with Gasteiger partial charge in [0, 0.05) is 20.6 Å². The summed E-state index contributed by atoms with van der Waals surface area (Å²) in [6.07, 6.45) is 0.902. The molecule has 0 aliphatic heterocycles. The first-order chi connectivity index (χ1) is 14.6. The molecule has 0 spiro atoms. The van der Waals surface area contributed by atoms with Crippen molar-refractivity contribution in [2.24, 2.45) is 0 Å². The zero-order valence-electron chi connectivity index (χ0n) is 16.4. The van der Waals surface area contributed by atoms with Crippen molar-refractivity contribution < 1.29 is 13.2 Å². The first-order valence-electron chi connectivity index (χ1n) is 8.78. The predicted molar refractivity (Wildman–Crippen MR) is 123 cm³/mol. The van der Waals surface area contributed by atoms with Crippen LogP contribution in [0.15, 0.2) is 42.5 Å². The van der Waals surface area contributed by atoms with Gasteiger partial charge in [0.1, 0.15) is 5.69 Å². The second-order valence-electron chi connectivity index (χ2n) is 6.59. The monoisotopic (exact) mass is 494 g/mol. The van der Waals surface area contributed by atoms with Crippen LogP contribution >= 0.6 is 34.5 Å². The summed E-state index contributed by atoms with van der Waals surface area (Å²) in [5.41, 5.74) is 2.00. The summed E-state index contributed by atoms with van der Waals surface area (Å²) in [6, 6.07) is 14.1. The Morgan fingerprint density at radius 3 is 2.48 bits per heavy atom. The highest BCUT2D eigenvalue weighted by Crippen LogP contribution is 2.34. The average molecular weight is 495 g/mol. The van der Waals surface area contributed by atoms with E-state index in [1.165, 1.54) is 11.3 Å². The fraction of sp³-hybridized carbons (Fsp3) is 0.150. The van der Waals surface area contributed by atoms with Gasteiger partial charge in [-0.15, -0.1) is 11.3 Å². The predicted octanol–water partition coefficient (Wildman–Crippen LogP) is 4.66. The third kappa shape index (κ3) is 5.74. The summed E-state index contributed by atoms with van der Waals surface area (Å²) in [5.74, 6) is -0.799. The molecule has 2 aromatic carbocycles. The number of carbonyl (C=O) groups is 1. The summed E-state index contributed by atoms with van der Waals surface area (Å²) < 4.78 is 24.8. The van der Waals surface area contributed by atoms with Crippen LogP contribution in [0.1, 0.15) is 26.5 Å². The molecule has 0 aliphatic rings. The van der Waals surface area contributed by atoms with Crippen molar-refractivity contribution in [2.45, 2.75) is 13.5 Å². The highest BCUT2D eigenvalue weighted by atomic mass is 35.5. The molecule has 0 radical (unpaired) electrons. The second-order valence-corrected chi connectivity index (χ2v) is 10.4. The lowest BCUT2D eigenvalue weighted by atomic mass is 10.1. The van der Waals surface area contributed by atoms with E-state index in [2.05, 4.69) is 11.1 Å². The largest absolute Gasteiger partial charge is 0.313 e. The number of carbonyl (C=O) groups excluding carboxylic acids is 1. The quantitative estimate of drug-likeness (QED) is 0.534. The molecule has 0 unspecified atom stereocenters. The Bertz CT molecular complexity index is 1280. The molecule has 7 nitrogen and oxygen atoms in total. The molecule has 0 saturated heterocycles. The molecule has 0 fully saturated rings. The molecule has 11 heteroatoms. The number of hydrogen-bond donors (Lipinski definition) is 1. The summed E-state index contributed by atoms with van der Waals surface area (Å²) in [6.45, 7) is 1.99. The van der Waals surface area contributed by atoms with Crippen LogP contribution in [0.5, 0.6) is 0 Å². The number of thiazole rings is 1. The molecule has 31 heavy (non-hydrogen) atoms. The Kier molecular flexibility index (Phi) is 6.86. The standard InChI is InChI=1S/C20H16Cl2N4O3S2/c1-12-18(19(27)25-31(2,28)29)24-20(30-12)26(16-7-3-13(10-23)4-8-16)11-14-5-6-15(21)9-17(14)22/h3-9H,11H2,1-2H3,(H,25,27). The molecule has 1 aromatic heterocycles. The van der Waals surface area contributed by atoms with Gasteiger partial charge in [-0.2, -0.15) is 5.26 Å². The van der Waals surface area contributed by atoms with Crippen molar-refractivity contribution >= 4 is 61.3 Å². The number of hydrogen-bond acceptors (Lipinski definition) is 7. The van der Waals surface area contributed by atoms with Gasteiger partial charge in [0.05, 0.1) is 24.4 Å². The lowest BCUT2D eigenvalue weighted by Crippen LogP contribution is -2.30. The molecule has 1 amide bonds. The number of amides is 1. The van der Waals surface area contributed by atoms with Gasteiger partial charge in [-0.05, 0) is 48.9 Å². The molecule has 0 bridgehead atoms. The normalized spacial score (nSPS) is 11.1. The van der Waals surface area contributed by atoms with Crippen LogP contribution in [0, 0.1) is 18.3 Å². The molecular formula is C20H16Cl2N4O3S2. The number of anilines is 2. The molecular weight excluding hydrogens is 479 g/mol. The van der Waals surface area contributed by atoms with Crippen LogP contribution in [0.3, 0.4) is 0 Å². The van der Waals surface area contributed by atoms with Crippen LogP contribution in [-0.4, -0.2) is 25.6 Å². The van der Waals surface area contributed by atoms with E-state index in [4.69, 9.17) is 28.5 Å². The number of aromatic nitrogens is 1. The third-order valence-electron chi connectivity index (χ3n) is 4.16. The zero-order valence-corrected chi connectivity index (χ0v) is 19.5. The Labute approximate surface area is 193 Å². The van der Waals surface area contributed by atoms with Crippen molar-refractivity contribution in [3.8, 4) is 6.07 Å². The first-order valence-corrected chi connectivity index (χ1v) is 12.2. The molecule has 1 heterocycles. The minimum atomic E-state index is -3.73. The Balaban J connectivity index is 2.04. The highest BCUT2D eigenvalue weighted by Gasteiger charge is 2.23. The number of benzene rings is 2. The van der Waals surface area contributed by atoms with E-state index in [0.717, 1.165) is 11.8 Å². The molecule has 0 saturated carbocycles. The van der Waals surface area contributed by atoms with Gasteiger partial charge in [0.2, 0.25) is 10.0 Å². The van der Waals surface area contributed by atoms with Crippen molar-refractivity contribution in [3.63, 3.8) is 0 Å². The summed E-state index contributed by atoms with van der Waals surface area (Å²) >= 11 is 13.6. The van der Waals surface area contributed by atoms with Gasteiger partial charge in [-0.1, -0.05) is 29.3 Å². The van der Waals surface area contributed by atoms with Gasteiger partial charge in [-0.3, -0.25) is 4.79 Å². The smallest absolute Gasteiger partial charge is 0.284 e. The maximum atomic E-state index is 12.4. The summed E-state index contributed by atoms with van der Waals surface area (Å²) in [7, 11) is -3.73.